The number of rotatable bonds is 8. The molecule has 0 saturated heterocycles. The number of thioether (sulfide) groups is 1. The number of para-hydroxylation sites is 1. The van der Waals surface area contributed by atoms with E-state index in [2.05, 4.69) is 36.6 Å². The Morgan fingerprint density at radius 1 is 1.00 bits per heavy atom. The summed E-state index contributed by atoms with van der Waals surface area (Å²) in [5.74, 6) is 0.418. The van der Waals surface area contributed by atoms with Crippen LogP contribution in [0, 0.1) is 0 Å². The van der Waals surface area contributed by atoms with E-state index >= 15 is 0 Å². The Hall–Kier alpha value is -2.27. The van der Waals surface area contributed by atoms with Gasteiger partial charge in [-0.25, -0.2) is 0 Å². The van der Waals surface area contributed by atoms with Crippen LogP contribution in [-0.4, -0.2) is 24.1 Å². The van der Waals surface area contributed by atoms with Crippen LogP contribution in [0.2, 0.25) is 0 Å². The molecule has 0 aromatic heterocycles. The Kier molecular flexibility index (Phi) is 7.73. The van der Waals surface area contributed by atoms with Gasteiger partial charge in [0.1, 0.15) is 0 Å². The molecule has 0 saturated carbocycles. The second-order valence-corrected chi connectivity index (χ2v) is 7.40. The predicted octanol–water partition coefficient (Wildman–Crippen LogP) is 4.22. The molecule has 26 heavy (non-hydrogen) atoms. The second-order valence-electron chi connectivity index (χ2n) is 6.35. The van der Waals surface area contributed by atoms with Gasteiger partial charge in [0, 0.05) is 10.6 Å². The van der Waals surface area contributed by atoms with Crippen molar-refractivity contribution in [1.82, 2.24) is 5.32 Å². The Bertz CT molecular complexity index is 742. The molecule has 0 heterocycles. The third-order valence-corrected chi connectivity index (χ3v) is 5.05. The van der Waals surface area contributed by atoms with Gasteiger partial charge in [-0.1, -0.05) is 51.1 Å². The number of anilines is 1. The molecule has 0 fully saturated rings. The monoisotopic (exact) mass is 370 g/mol. The van der Waals surface area contributed by atoms with Crippen LogP contribution in [0.1, 0.15) is 37.8 Å². The van der Waals surface area contributed by atoms with Gasteiger partial charge in [-0.15, -0.1) is 11.8 Å². The van der Waals surface area contributed by atoms with Crippen LogP contribution in [0.3, 0.4) is 0 Å². The van der Waals surface area contributed by atoms with Gasteiger partial charge in [-0.2, -0.15) is 0 Å². The summed E-state index contributed by atoms with van der Waals surface area (Å²) >= 11 is 1.47. The van der Waals surface area contributed by atoms with Crippen LogP contribution >= 0.6 is 11.8 Å². The summed E-state index contributed by atoms with van der Waals surface area (Å²) in [5, 5.41) is 5.52. The number of amides is 2. The van der Waals surface area contributed by atoms with E-state index in [0.29, 0.717) is 11.7 Å². The maximum absolute atomic E-state index is 12.0. The average molecular weight is 371 g/mol. The summed E-state index contributed by atoms with van der Waals surface area (Å²) in [5.41, 5.74) is 3.16. The van der Waals surface area contributed by atoms with E-state index in [1.54, 1.807) is 0 Å². The number of aryl methyl sites for hydroxylation is 1. The van der Waals surface area contributed by atoms with Crippen molar-refractivity contribution in [3.63, 3.8) is 0 Å². The first kappa shape index (κ1) is 20.0. The highest BCUT2D eigenvalue weighted by atomic mass is 32.2. The fourth-order valence-corrected chi connectivity index (χ4v) is 3.20. The molecule has 4 nitrogen and oxygen atoms in total. The van der Waals surface area contributed by atoms with Gasteiger partial charge < -0.3 is 10.6 Å². The summed E-state index contributed by atoms with van der Waals surface area (Å²) in [4.78, 5) is 25.0. The Labute approximate surface area is 159 Å². The van der Waals surface area contributed by atoms with E-state index < -0.39 is 0 Å². The zero-order valence-electron chi connectivity index (χ0n) is 15.5. The lowest BCUT2D eigenvalue weighted by atomic mass is 10.0. The van der Waals surface area contributed by atoms with Crippen molar-refractivity contribution in [2.24, 2.45) is 0 Å². The van der Waals surface area contributed by atoms with Crippen molar-refractivity contribution in [2.45, 2.75) is 38.0 Å². The van der Waals surface area contributed by atoms with E-state index in [1.165, 1.54) is 17.3 Å². The van der Waals surface area contributed by atoms with Crippen molar-refractivity contribution >= 4 is 29.3 Å². The largest absolute Gasteiger partial charge is 0.346 e. The zero-order chi connectivity index (χ0) is 18.9. The highest BCUT2D eigenvalue weighted by Crippen LogP contribution is 2.21. The molecule has 2 rings (SSSR count). The van der Waals surface area contributed by atoms with Crippen molar-refractivity contribution in [2.75, 3.05) is 17.6 Å². The number of carbonyl (C=O) groups is 2. The zero-order valence-corrected chi connectivity index (χ0v) is 16.4. The topological polar surface area (TPSA) is 58.2 Å². The van der Waals surface area contributed by atoms with E-state index in [1.807, 2.05) is 43.3 Å². The first-order valence-electron chi connectivity index (χ1n) is 8.86. The summed E-state index contributed by atoms with van der Waals surface area (Å²) in [6.07, 6.45) is 0.842. The van der Waals surface area contributed by atoms with Crippen LogP contribution in [0.5, 0.6) is 0 Å². The highest BCUT2D eigenvalue weighted by molar-refractivity contribution is 8.00. The molecule has 5 heteroatoms. The van der Waals surface area contributed by atoms with Crippen molar-refractivity contribution in [3.05, 3.63) is 59.7 Å². The molecule has 2 N–H and O–H groups in total. The van der Waals surface area contributed by atoms with Crippen molar-refractivity contribution in [3.8, 4) is 0 Å². The molecule has 2 aromatic rings. The van der Waals surface area contributed by atoms with Crippen LogP contribution in [-0.2, 0) is 16.0 Å². The third-order valence-electron chi connectivity index (χ3n) is 4.04. The van der Waals surface area contributed by atoms with E-state index in [-0.39, 0.29) is 18.4 Å². The van der Waals surface area contributed by atoms with E-state index in [9.17, 15) is 9.59 Å². The van der Waals surface area contributed by atoms with Crippen LogP contribution in [0.25, 0.3) is 0 Å². The molecule has 138 valence electrons. The number of hydrogen-bond donors (Lipinski definition) is 2. The van der Waals surface area contributed by atoms with Gasteiger partial charge in [-0.05, 0) is 41.7 Å². The summed E-state index contributed by atoms with van der Waals surface area (Å²) in [6.45, 7) is 6.32. The molecule has 2 amide bonds. The molecule has 0 unspecified atom stereocenters. The standard InChI is InChI=1S/C21H26N2O2S/c1-4-16-7-5-6-8-19(16)23-20(24)13-22-21(25)14-26-18-11-9-17(10-12-18)15(2)3/h5-12,15H,4,13-14H2,1-3H3,(H,22,25)(H,23,24). The van der Waals surface area contributed by atoms with E-state index in [4.69, 9.17) is 0 Å². The first-order valence-corrected chi connectivity index (χ1v) is 9.85. The smallest absolute Gasteiger partial charge is 0.243 e. The molecular weight excluding hydrogens is 344 g/mol. The number of carbonyl (C=O) groups excluding carboxylic acids is 2. The summed E-state index contributed by atoms with van der Waals surface area (Å²) in [7, 11) is 0. The number of hydrogen-bond acceptors (Lipinski definition) is 3. The summed E-state index contributed by atoms with van der Waals surface area (Å²) in [6, 6.07) is 15.9. The van der Waals surface area contributed by atoms with Crippen LogP contribution in [0.15, 0.2) is 53.4 Å². The Balaban J connectivity index is 1.75. The molecule has 2 aromatic carbocycles. The fraction of sp³-hybridized carbons (Fsp3) is 0.333. The quantitative estimate of drug-likeness (QED) is 0.684. The van der Waals surface area contributed by atoms with Gasteiger partial charge in [-0.3, -0.25) is 9.59 Å². The van der Waals surface area contributed by atoms with Crippen LogP contribution in [0.4, 0.5) is 5.69 Å². The molecule has 0 atom stereocenters. The lowest BCUT2D eigenvalue weighted by Gasteiger charge is -2.10. The minimum Gasteiger partial charge on any atom is -0.346 e. The maximum atomic E-state index is 12.0. The molecule has 0 aliphatic rings. The Morgan fingerprint density at radius 3 is 2.35 bits per heavy atom. The molecular formula is C21H26N2O2S. The lowest BCUT2D eigenvalue weighted by molar-refractivity contribution is -0.122. The number of benzene rings is 2. The minimum absolute atomic E-state index is 0.0241. The molecule has 0 spiro atoms. The van der Waals surface area contributed by atoms with Crippen molar-refractivity contribution in [1.29, 1.82) is 0 Å². The van der Waals surface area contributed by atoms with Crippen molar-refractivity contribution < 1.29 is 9.59 Å². The normalized spacial score (nSPS) is 10.6. The second kappa shape index (κ2) is 10.0. The van der Waals surface area contributed by atoms with E-state index in [0.717, 1.165) is 22.6 Å². The fourth-order valence-electron chi connectivity index (χ4n) is 2.47. The maximum Gasteiger partial charge on any atom is 0.243 e. The average Bonchev–Trinajstić information content (AvgIpc) is 2.65. The molecule has 0 aliphatic heterocycles. The van der Waals surface area contributed by atoms with Gasteiger partial charge in [0.05, 0.1) is 12.3 Å². The lowest BCUT2D eigenvalue weighted by Crippen LogP contribution is -2.34. The summed E-state index contributed by atoms with van der Waals surface area (Å²) < 4.78 is 0. The number of nitrogens with one attached hydrogen (secondary N) is 2. The van der Waals surface area contributed by atoms with Gasteiger partial charge >= 0.3 is 0 Å². The molecule has 0 radical (unpaired) electrons. The molecule has 0 aliphatic carbocycles. The first-order chi connectivity index (χ1) is 12.5. The molecule has 0 bridgehead atoms. The van der Waals surface area contributed by atoms with Gasteiger partial charge in [0.15, 0.2) is 0 Å². The highest BCUT2D eigenvalue weighted by Gasteiger charge is 2.08. The van der Waals surface area contributed by atoms with Gasteiger partial charge in [0.25, 0.3) is 0 Å². The predicted molar refractivity (Wildman–Crippen MR) is 109 cm³/mol. The Morgan fingerprint density at radius 2 is 1.69 bits per heavy atom. The van der Waals surface area contributed by atoms with Crippen LogP contribution < -0.4 is 10.6 Å². The third kappa shape index (κ3) is 6.23. The minimum atomic E-state index is -0.217. The SMILES string of the molecule is CCc1ccccc1NC(=O)CNC(=O)CSc1ccc(C(C)C)cc1. The van der Waals surface area contributed by atoms with Gasteiger partial charge in [0.2, 0.25) is 11.8 Å².